The summed E-state index contributed by atoms with van der Waals surface area (Å²) >= 11 is 0. The van der Waals surface area contributed by atoms with Gasteiger partial charge >= 0.3 is 0 Å². The second kappa shape index (κ2) is 5.58. The first-order chi connectivity index (χ1) is 9.66. The lowest BCUT2D eigenvalue weighted by atomic mass is 10.0. The van der Waals surface area contributed by atoms with Gasteiger partial charge < -0.3 is 15.0 Å². The van der Waals surface area contributed by atoms with Gasteiger partial charge in [-0.25, -0.2) is 0 Å². The molecule has 3 heteroatoms. The SMILES string of the molecule is Cc1ccc2c(CCNC3CCOC3)c(C)[nH]c2c1C. The molecular weight excluding hydrogens is 248 g/mol. The van der Waals surface area contributed by atoms with Crippen molar-refractivity contribution in [2.75, 3.05) is 19.8 Å². The van der Waals surface area contributed by atoms with Crippen molar-refractivity contribution in [3.63, 3.8) is 0 Å². The summed E-state index contributed by atoms with van der Waals surface area (Å²) < 4.78 is 5.40. The Kier molecular flexibility index (Phi) is 3.81. The van der Waals surface area contributed by atoms with E-state index in [1.54, 1.807) is 0 Å². The highest BCUT2D eigenvalue weighted by atomic mass is 16.5. The third kappa shape index (κ3) is 2.48. The summed E-state index contributed by atoms with van der Waals surface area (Å²) in [5.41, 5.74) is 6.79. The number of aryl methyl sites for hydroxylation is 3. The van der Waals surface area contributed by atoms with Crippen LogP contribution in [-0.4, -0.2) is 30.8 Å². The predicted molar refractivity (Wildman–Crippen MR) is 83.4 cm³/mol. The summed E-state index contributed by atoms with van der Waals surface area (Å²) in [7, 11) is 0. The second-order valence-electron chi connectivity index (χ2n) is 5.92. The number of hydrogen-bond donors (Lipinski definition) is 2. The van der Waals surface area contributed by atoms with Crippen LogP contribution in [0.5, 0.6) is 0 Å². The average Bonchev–Trinajstić information content (AvgIpc) is 3.04. The number of H-pyrrole nitrogens is 1. The fraction of sp³-hybridized carbons (Fsp3) is 0.529. The zero-order chi connectivity index (χ0) is 14.1. The molecule has 0 amide bonds. The minimum absolute atomic E-state index is 0.546. The largest absolute Gasteiger partial charge is 0.380 e. The van der Waals surface area contributed by atoms with Crippen molar-refractivity contribution < 1.29 is 4.74 Å². The molecule has 0 radical (unpaired) electrons. The Morgan fingerprint density at radius 3 is 2.90 bits per heavy atom. The molecule has 2 aromatic rings. The van der Waals surface area contributed by atoms with Crippen LogP contribution in [0.4, 0.5) is 0 Å². The van der Waals surface area contributed by atoms with Crippen LogP contribution in [0.15, 0.2) is 12.1 Å². The fourth-order valence-electron chi connectivity index (χ4n) is 3.11. The van der Waals surface area contributed by atoms with Gasteiger partial charge in [-0.05, 0) is 56.8 Å². The van der Waals surface area contributed by atoms with Crippen LogP contribution in [0.3, 0.4) is 0 Å². The first-order valence-corrected chi connectivity index (χ1v) is 7.55. The van der Waals surface area contributed by atoms with Crippen molar-refractivity contribution in [3.8, 4) is 0 Å². The van der Waals surface area contributed by atoms with Crippen LogP contribution < -0.4 is 5.32 Å². The maximum atomic E-state index is 5.40. The molecule has 1 aromatic carbocycles. The smallest absolute Gasteiger partial charge is 0.0620 e. The molecule has 3 nitrogen and oxygen atoms in total. The van der Waals surface area contributed by atoms with E-state index in [9.17, 15) is 0 Å². The lowest BCUT2D eigenvalue weighted by Crippen LogP contribution is -2.30. The summed E-state index contributed by atoms with van der Waals surface area (Å²) in [5, 5.41) is 4.98. The molecule has 0 spiro atoms. The summed E-state index contributed by atoms with van der Waals surface area (Å²) in [6.07, 6.45) is 2.22. The minimum Gasteiger partial charge on any atom is -0.380 e. The average molecular weight is 272 g/mol. The number of benzene rings is 1. The zero-order valence-electron chi connectivity index (χ0n) is 12.7. The van der Waals surface area contributed by atoms with Crippen molar-refractivity contribution in [2.45, 2.75) is 39.7 Å². The van der Waals surface area contributed by atoms with Crippen molar-refractivity contribution in [1.82, 2.24) is 10.3 Å². The van der Waals surface area contributed by atoms with Crippen molar-refractivity contribution >= 4 is 10.9 Å². The van der Waals surface area contributed by atoms with Crippen LogP contribution in [0.25, 0.3) is 10.9 Å². The van der Waals surface area contributed by atoms with Crippen LogP contribution in [-0.2, 0) is 11.2 Å². The van der Waals surface area contributed by atoms with E-state index in [4.69, 9.17) is 4.74 Å². The minimum atomic E-state index is 0.546. The molecule has 0 aliphatic carbocycles. The van der Waals surface area contributed by atoms with E-state index in [0.717, 1.165) is 32.6 Å². The molecule has 3 rings (SSSR count). The molecule has 1 unspecified atom stereocenters. The Balaban J connectivity index is 1.77. The standard InChI is InChI=1S/C17H24N2O/c1-11-4-5-16-15(13(3)19-17(16)12(11)2)6-8-18-14-7-9-20-10-14/h4-5,14,18-19H,6-10H2,1-3H3. The van der Waals surface area contributed by atoms with Crippen LogP contribution in [0.2, 0.25) is 0 Å². The summed E-state index contributed by atoms with van der Waals surface area (Å²) in [5.74, 6) is 0. The molecule has 1 aliphatic rings. The van der Waals surface area contributed by atoms with Crippen molar-refractivity contribution in [3.05, 3.63) is 34.5 Å². The Labute approximate surface area is 120 Å². The van der Waals surface area contributed by atoms with E-state index in [2.05, 4.69) is 43.2 Å². The third-order valence-electron chi connectivity index (χ3n) is 4.56. The molecule has 1 fully saturated rings. The van der Waals surface area contributed by atoms with E-state index in [0.29, 0.717) is 6.04 Å². The second-order valence-corrected chi connectivity index (χ2v) is 5.92. The number of aromatic amines is 1. The Hall–Kier alpha value is -1.32. The number of aromatic nitrogens is 1. The number of fused-ring (bicyclic) bond motifs is 1. The van der Waals surface area contributed by atoms with Gasteiger partial charge in [-0.15, -0.1) is 0 Å². The van der Waals surface area contributed by atoms with E-state index < -0.39 is 0 Å². The fourth-order valence-corrected chi connectivity index (χ4v) is 3.11. The molecule has 1 aliphatic heterocycles. The van der Waals surface area contributed by atoms with Gasteiger partial charge in [0.25, 0.3) is 0 Å². The third-order valence-corrected chi connectivity index (χ3v) is 4.56. The molecule has 2 heterocycles. The monoisotopic (exact) mass is 272 g/mol. The van der Waals surface area contributed by atoms with E-state index >= 15 is 0 Å². The highest BCUT2D eigenvalue weighted by molar-refractivity contribution is 5.88. The topological polar surface area (TPSA) is 37.0 Å². The van der Waals surface area contributed by atoms with Crippen LogP contribution in [0, 0.1) is 20.8 Å². The predicted octanol–water partition coefficient (Wildman–Crippen LogP) is 3.01. The Bertz CT molecular complexity index is 609. The van der Waals surface area contributed by atoms with Gasteiger partial charge in [0.15, 0.2) is 0 Å². The first-order valence-electron chi connectivity index (χ1n) is 7.55. The van der Waals surface area contributed by atoms with Crippen LogP contribution in [0.1, 0.15) is 28.8 Å². The molecule has 2 N–H and O–H groups in total. The maximum absolute atomic E-state index is 5.40. The Morgan fingerprint density at radius 1 is 1.30 bits per heavy atom. The van der Waals surface area contributed by atoms with Gasteiger partial charge in [-0.2, -0.15) is 0 Å². The molecule has 0 bridgehead atoms. The van der Waals surface area contributed by atoms with Gasteiger partial charge in [0.1, 0.15) is 0 Å². The molecule has 1 saturated heterocycles. The van der Waals surface area contributed by atoms with Gasteiger partial charge in [-0.1, -0.05) is 12.1 Å². The van der Waals surface area contributed by atoms with E-state index in [1.807, 2.05) is 0 Å². The molecule has 1 atom stereocenters. The number of nitrogens with one attached hydrogen (secondary N) is 2. The summed E-state index contributed by atoms with van der Waals surface area (Å²) in [6.45, 7) is 9.35. The normalized spacial score (nSPS) is 19.1. The summed E-state index contributed by atoms with van der Waals surface area (Å²) in [4.78, 5) is 3.56. The molecular formula is C17H24N2O. The highest BCUT2D eigenvalue weighted by Gasteiger charge is 2.15. The van der Waals surface area contributed by atoms with Gasteiger partial charge in [-0.3, -0.25) is 0 Å². The first kappa shape index (κ1) is 13.7. The van der Waals surface area contributed by atoms with Crippen molar-refractivity contribution in [2.24, 2.45) is 0 Å². The van der Waals surface area contributed by atoms with Crippen molar-refractivity contribution in [1.29, 1.82) is 0 Å². The number of ether oxygens (including phenoxy) is 1. The van der Waals surface area contributed by atoms with Gasteiger partial charge in [0.2, 0.25) is 0 Å². The molecule has 20 heavy (non-hydrogen) atoms. The van der Waals surface area contributed by atoms with E-state index in [-0.39, 0.29) is 0 Å². The molecule has 0 saturated carbocycles. The van der Waals surface area contributed by atoms with E-state index in [1.165, 1.54) is 33.3 Å². The number of hydrogen-bond acceptors (Lipinski definition) is 2. The Morgan fingerprint density at radius 2 is 2.15 bits per heavy atom. The number of rotatable bonds is 4. The van der Waals surface area contributed by atoms with Gasteiger partial charge in [0, 0.05) is 29.2 Å². The lowest BCUT2D eigenvalue weighted by Gasteiger charge is -2.10. The summed E-state index contributed by atoms with van der Waals surface area (Å²) in [6, 6.07) is 5.03. The zero-order valence-corrected chi connectivity index (χ0v) is 12.7. The lowest BCUT2D eigenvalue weighted by molar-refractivity contribution is 0.190. The van der Waals surface area contributed by atoms with Gasteiger partial charge in [0.05, 0.1) is 6.61 Å². The maximum Gasteiger partial charge on any atom is 0.0620 e. The molecule has 1 aromatic heterocycles. The van der Waals surface area contributed by atoms with Crippen LogP contribution >= 0.6 is 0 Å². The molecule has 108 valence electrons. The quantitative estimate of drug-likeness (QED) is 0.897. The highest BCUT2D eigenvalue weighted by Crippen LogP contribution is 2.26.